The minimum absolute atomic E-state index is 0.00911. The number of hydrogen-bond donors (Lipinski definition) is 1. The fraction of sp³-hybridized carbons (Fsp3) is 0.0800. The molecular weight excluding hydrogens is 489 g/mol. The van der Waals surface area contributed by atoms with Crippen LogP contribution < -0.4 is 5.73 Å². The molecule has 2 N–H and O–H groups in total. The zero-order valence-corrected chi connectivity index (χ0v) is 19.7. The standard InChI is InChI=1S/C25H19Cl2N5O3/c26-19-11-5-4-9-17(19)20-14-31(15-30-20)24-18(10-6-12-29-24)25(35)32(27)21(22(33)23(28)34)13-16-7-2-1-3-8-16/h1-12,14-15,21H,13H2,(H2,28,34). The van der Waals surface area contributed by atoms with E-state index < -0.39 is 23.6 Å². The predicted molar refractivity (Wildman–Crippen MR) is 132 cm³/mol. The number of amides is 2. The Morgan fingerprint density at radius 1 is 0.971 bits per heavy atom. The van der Waals surface area contributed by atoms with Crippen LogP contribution in [-0.2, 0) is 16.0 Å². The second-order valence-corrected chi connectivity index (χ2v) is 8.34. The molecular formula is C25H19Cl2N5O3. The average molecular weight is 508 g/mol. The molecule has 0 aliphatic carbocycles. The van der Waals surface area contributed by atoms with Crippen LogP contribution >= 0.6 is 23.4 Å². The van der Waals surface area contributed by atoms with Gasteiger partial charge in [-0.3, -0.25) is 19.0 Å². The molecule has 0 spiro atoms. The fourth-order valence-corrected chi connectivity index (χ4v) is 4.03. The zero-order chi connectivity index (χ0) is 24.9. The number of carbonyl (C=O) groups is 3. The van der Waals surface area contributed by atoms with Crippen molar-refractivity contribution in [3.63, 3.8) is 0 Å². The molecule has 10 heteroatoms. The maximum absolute atomic E-state index is 13.4. The maximum atomic E-state index is 13.4. The fourth-order valence-electron chi connectivity index (χ4n) is 3.55. The maximum Gasteiger partial charge on any atom is 0.287 e. The molecule has 176 valence electrons. The molecule has 0 saturated heterocycles. The first-order valence-electron chi connectivity index (χ1n) is 10.5. The monoisotopic (exact) mass is 507 g/mol. The molecule has 4 aromatic rings. The molecule has 0 radical (unpaired) electrons. The van der Waals surface area contributed by atoms with Crippen LogP contribution in [0.2, 0.25) is 5.02 Å². The number of Topliss-reactive ketones (excluding diaryl/α,β-unsaturated/α-hetero) is 1. The Hall–Kier alpha value is -4.01. The number of nitrogens with two attached hydrogens (primary N) is 1. The van der Waals surface area contributed by atoms with Crippen LogP contribution in [-0.4, -0.2) is 42.6 Å². The topological polar surface area (TPSA) is 111 Å². The van der Waals surface area contributed by atoms with E-state index in [4.69, 9.17) is 29.1 Å². The van der Waals surface area contributed by atoms with E-state index in [1.165, 1.54) is 18.6 Å². The van der Waals surface area contributed by atoms with E-state index in [9.17, 15) is 14.4 Å². The predicted octanol–water partition coefficient (Wildman–Crippen LogP) is 3.85. The number of benzene rings is 2. The van der Waals surface area contributed by atoms with Crippen molar-refractivity contribution in [2.24, 2.45) is 5.73 Å². The molecule has 0 saturated carbocycles. The number of pyridine rings is 1. The number of hydrogen-bond acceptors (Lipinski definition) is 5. The second-order valence-electron chi connectivity index (χ2n) is 7.57. The molecule has 35 heavy (non-hydrogen) atoms. The van der Waals surface area contributed by atoms with Gasteiger partial charge in [0.2, 0.25) is 5.78 Å². The van der Waals surface area contributed by atoms with Gasteiger partial charge in [0.05, 0.1) is 16.3 Å². The Balaban J connectivity index is 1.68. The van der Waals surface area contributed by atoms with Crippen molar-refractivity contribution in [2.45, 2.75) is 12.5 Å². The Kier molecular flexibility index (Phi) is 7.24. The van der Waals surface area contributed by atoms with E-state index in [2.05, 4.69) is 9.97 Å². The first-order valence-corrected chi connectivity index (χ1v) is 11.2. The molecule has 0 aliphatic heterocycles. The van der Waals surface area contributed by atoms with Gasteiger partial charge in [-0.1, -0.05) is 60.1 Å². The van der Waals surface area contributed by atoms with Crippen molar-refractivity contribution in [3.05, 3.63) is 102 Å². The van der Waals surface area contributed by atoms with Crippen molar-refractivity contribution in [2.75, 3.05) is 0 Å². The van der Waals surface area contributed by atoms with Crippen molar-refractivity contribution >= 4 is 41.0 Å². The first kappa shape index (κ1) is 24.1. The van der Waals surface area contributed by atoms with E-state index in [-0.39, 0.29) is 17.8 Å². The molecule has 2 aromatic carbocycles. The van der Waals surface area contributed by atoms with Gasteiger partial charge in [-0.05, 0) is 23.8 Å². The molecule has 4 rings (SSSR count). The highest BCUT2D eigenvalue weighted by atomic mass is 35.5. The summed E-state index contributed by atoms with van der Waals surface area (Å²) >= 11 is 12.7. The Morgan fingerprint density at radius 2 is 1.69 bits per heavy atom. The van der Waals surface area contributed by atoms with Gasteiger partial charge in [0.1, 0.15) is 12.4 Å². The lowest BCUT2D eigenvalue weighted by atomic mass is 10.0. The SMILES string of the molecule is NC(=O)C(=O)C(Cc1ccccc1)N(Cl)C(=O)c1cccnc1-n1cnc(-c2ccccc2Cl)c1. The number of imidazole rings is 1. The van der Waals surface area contributed by atoms with Crippen LogP contribution in [0.5, 0.6) is 0 Å². The van der Waals surface area contributed by atoms with Gasteiger partial charge in [-0.15, -0.1) is 0 Å². The lowest BCUT2D eigenvalue weighted by molar-refractivity contribution is -0.137. The molecule has 2 amide bonds. The summed E-state index contributed by atoms with van der Waals surface area (Å²) in [6.45, 7) is 0. The van der Waals surface area contributed by atoms with Gasteiger partial charge < -0.3 is 5.73 Å². The number of aromatic nitrogens is 3. The summed E-state index contributed by atoms with van der Waals surface area (Å²) < 4.78 is 2.26. The van der Waals surface area contributed by atoms with Gasteiger partial charge in [0, 0.05) is 36.2 Å². The van der Waals surface area contributed by atoms with E-state index in [1.54, 1.807) is 47.2 Å². The third kappa shape index (κ3) is 5.24. The Bertz CT molecular complexity index is 1390. The molecule has 0 aliphatic rings. The minimum atomic E-state index is -1.31. The highest BCUT2D eigenvalue weighted by Crippen LogP contribution is 2.27. The number of carbonyl (C=O) groups excluding carboxylic acids is 3. The largest absolute Gasteiger partial charge is 0.363 e. The van der Waals surface area contributed by atoms with Crippen molar-refractivity contribution in [3.8, 4) is 17.1 Å². The number of rotatable bonds is 8. The smallest absolute Gasteiger partial charge is 0.287 e. The van der Waals surface area contributed by atoms with Gasteiger partial charge >= 0.3 is 0 Å². The van der Waals surface area contributed by atoms with Crippen molar-refractivity contribution in [1.82, 2.24) is 19.0 Å². The Morgan fingerprint density at radius 3 is 2.40 bits per heavy atom. The van der Waals surface area contributed by atoms with Crippen molar-refractivity contribution < 1.29 is 14.4 Å². The van der Waals surface area contributed by atoms with Crippen LogP contribution in [0.15, 0.2) is 85.5 Å². The van der Waals surface area contributed by atoms with Gasteiger partial charge in [-0.2, -0.15) is 0 Å². The summed E-state index contributed by atoms with van der Waals surface area (Å²) in [5.41, 5.74) is 7.33. The quantitative estimate of drug-likeness (QED) is 0.287. The lowest BCUT2D eigenvalue weighted by Crippen LogP contribution is -2.46. The number of nitrogens with zero attached hydrogens (tertiary/aromatic N) is 4. The summed E-state index contributed by atoms with van der Waals surface area (Å²) in [7, 11) is 0. The summed E-state index contributed by atoms with van der Waals surface area (Å²) in [4.78, 5) is 46.4. The zero-order valence-electron chi connectivity index (χ0n) is 18.2. The van der Waals surface area contributed by atoms with Gasteiger partial charge in [-0.25, -0.2) is 14.4 Å². The van der Waals surface area contributed by atoms with Gasteiger partial charge in [0.25, 0.3) is 11.8 Å². The lowest BCUT2D eigenvalue weighted by Gasteiger charge is -2.24. The van der Waals surface area contributed by atoms with Crippen molar-refractivity contribution in [1.29, 1.82) is 0 Å². The third-order valence-electron chi connectivity index (χ3n) is 5.28. The van der Waals surface area contributed by atoms with E-state index in [0.29, 0.717) is 26.3 Å². The van der Waals surface area contributed by atoms with Crippen LogP contribution in [0.1, 0.15) is 15.9 Å². The van der Waals surface area contributed by atoms with Gasteiger partial charge in [0.15, 0.2) is 5.82 Å². The molecule has 2 heterocycles. The number of halogens is 2. The minimum Gasteiger partial charge on any atom is -0.363 e. The molecule has 1 unspecified atom stereocenters. The van der Waals surface area contributed by atoms with E-state index in [0.717, 1.165) is 0 Å². The van der Waals surface area contributed by atoms with Crippen LogP contribution in [0.3, 0.4) is 0 Å². The molecule has 0 bridgehead atoms. The number of primary amides is 1. The molecule has 1 atom stereocenters. The van der Waals surface area contributed by atoms with Crippen LogP contribution in [0.25, 0.3) is 17.1 Å². The first-order chi connectivity index (χ1) is 16.9. The van der Waals surface area contributed by atoms with E-state index in [1.807, 2.05) is 24.3 Å². The molecule has 8 nitrogen and oxygen atoms in total. The summed E-state index contributed by atoms with van der Waals surface area (Å²) in [6.07, 6.45) is 4.69. The van der Waals surface area contributed by atoms with Crippen LogP contribution in [0.4, 0.5) is 0 Å². The summed E-state index contributed by atoms with van der Waals surface area (Å²) in [6, 6.07) is 17.9. The summed E-state index contributed by atoms with van der Waals surface area (Å²) in [5, 5.41) is 0.524. The average Bonchev–Trinajstić information content (AvgIpc) is 3.37. The number of ketones is 1. The third-order valence-corrected chi connectivity index (χ3v) is 6.00. The normalized spacial score (nSPS) is 11.6. The van der Waals surface area contributed by atoms with Crippen LogP contribution in [0, 0.1) is 0 Å². The molecule has 0 fully saturated rings. The highest BCUT2D eigenvalue weighted by Gasteiger charge is 2.34. The van der Waals surface area contributed by atoms with E-state index >= 15 is 0 Å². The summed E-state index contributed by atoms with van der Waals surface area (Å²) in [5.74, 6) is -2.65. The highest BCUT2D eigenvalue weighted by molar-refractivity contribution is 6.40. The Labute approximate surface area is 211 Å². The second kappa shape index (κ2) is 10.5. The molecule has 2 aromatic heterocycles.